The minimum atomic E-state index is -2.39. The smallest absolute Gasteiger partial charge is 0.338 e. The number of aliphatic hydroxyl groups excluding tert-OH is 2. The first-order chi connectivity index (χ1) is 29.3. The summed E-state index contributed by atoms with van der Waals surface area (Å²) >= 11 is 0. The molecule has 1 saturated heterocycles. The topological polar surface area (TPSA) is 221 Å². The van der Waals surface area contributed by atoms with Crippen LogP contribution in [0.15, 0.2) is 102 Å². The molecule has 0 spiro atoms. The van der Waals surface area contributed by atoms with Crippen molar-refractivity contribution in [2.45, 2.75) is 108 Å². The number of fused-ring (bicyclic) bond motifs is 5. The molecule has 62 heavy (non-hydrogen) atoms. The zero-order valence-corrected chi connectivity index (χ0v) is 35.2. The minimum Gasteiger partial charge on any atom is -0.456 e. The van der Waals surface area contributed by atoms with E-state index in [9.17, 15) is 39.3 Å². The van der Waals surface area contributed by atoms with Gasteiger partial charge in [-0.2, -0.15) is 0 Å². The number of hydrogen-bond acceptors (Lipinski definition) is 14. The average molecular weight is 854 g/mol. The molecule has 4 aliphatic rings. The summed E-state index contributed by atoms with van der Waals surface area (Å²) in [5, 5.41) is 40.2. The third kappa shape index (κ3) is 7.29. The molecule has 3 aromatic rings. The lowest BCUT2D eigenvalue weighted by molar-refractivity contribution is -0.346. The molecular formula is C47H51NO14. The van der Waals surface area contributed by atoms with E-state index in [0.29, 0.717) is 5.56 Å². The van der Waals surface area contributed by atoms with Crippen LogP contribution < -0.4 is 5.32 Å². The first kappa shape index (κ1) is 44.3. The van der Waals surface area contributed by atoms with Gasteiger partial charge in [-0.15, -0.1) is 0 Å². The van der Waals surface area contributed by atoms with Gasteiger partial charge in [0.1, 0.15) is 23.9 Å². The largest absolute Gasteiger partial charge is 0.456 e. The second-order valence-electron chi connectivity index (χ2n) is 17.4. The molecule has 0 aromatic heterocycles. The van der Waals surface area contributed by atoms with Crippen molar-refractivity contribution in [3.63, 3.8) is 0 Å². The number of rotatable bonds is 10. The van der Waals surface area contributed by atoms with Crippen molar-refractivity contribution in [1.29, 1.82) is 0 Å². The average Bonchev–Trinajstić information content (AvgIpc) is 3.24. The lowest BCUT2D eigenvalue weighted by Gasteiger charge is -2.67. The fraction of sp³-hybridized carbons (Fsp3) is 0.447. The molecule has 11 atom stereocenters. The quantitative estimate of drug-likeness (QED) is 0.130. The van der Waals surface area contributed by atoms with Crippen molar-refractivity contribution in [3.8, 4) is 0 Å². The van der Waals surface area contributed by atoms with Crippen LogP contribution in [-0.2, 0) is 42.9 Å². The van der Waals surface area contributed by atoms with Crippen LogP contribution >= 0.6 is 0 Å². The van der Waals surface area contributed by atoms with Crippen molar-refractivity contribution in [1.82, 2.24) is 5.32 Å². The number of benzene rings is 3. The first-order valence-corrected chi connectivity index (χ1v) is 20.5. The summed E-state index contributed by atoms with van der Waals surface area (Å²) in [6.45, 7) is 7.97. The fourth-order valence-electron chi connectivity index (χ4n) is 10.2. The molecule has 15 heteroatoms. The minimum absolute atomic E-state index is 0.00289. The summed E-state index contributed by atoms with van der Waals surface area (Å²) in [6.07, 6.45) is -10.5. The monoisotopic (exact) mass is 853 g/mol. The van der Waals surface area contributed by atoms with E-state index in [1.807, 2.05) is 0 Å². The second kappa shape index (κ2) is 16.5. The summed E-state index contributed by atoms with van der Waals surface area (Å²) in [5.41, 5.74) is -7.02. The molecule has 4 N–H and O–H groups in total. The Labute approximate surface area is 358 Å². The van der Waals surface area contributed by atoms with Crippen LogP contribution in [0.25, 0.3) is 0 Å². The molecular weight excluding hydrogens is 803 g/mol. The molecule has 2 saturated carbocycles. The molecule has 7 rings (SSSR count). The summed E-state index contributed by atoms with van der Waals surface area (Å²) in [5.74, 6) is -6.84. The maximum Gasteiger partial charge on any atom is 0.338 e. The summed E-state index contributed by atoms with van der Waals surface area (Å²) < 4.78 is 30.3. The first-order valence-electron chi connectivity index (χ1n) is 20.5. The van der Waals surface area contributed by atoms with Gasteiger partial charge >= 0.3 is 23.9 Å². The number of aliphatic hydroxyl groups is 3. The van der Waals surface area contributed by atoms with Crippen LogP contribution in [0.3, 0.4) is 0 Å². The maximum atomic E-state index is 15.5. The van der Waals surface area contributed by atoms with Crippen molar-refractivity contribution in [2.24, 2.45) is 16.7 Å². The van der Waals surface area contributed by atoms with Crippen LogP contribution in [-0.4, -0.2) is 105 Å². The molecule has 0 unspecified atom stereocenters. The van der Waals surface area contributed by atoms with E-state index in [1.165, 1.54) is 26.0 Å². The Balaban J connectivity index is 1.39. The molecule has 2 bridgehead atoms. The Hall–Kier alpha value is -5.74. The van der Waals surface area contributed by atoms with Gasteiger partial charge in [-0.25, -0.2) is 9.59 Å². The van der Waals surface area contributed by atoms with Gasteiger partial charge in [0, 0.05) is 37.7 Å². The number of Topliss-reactive ketones (excluding diaryl/α,β-unsaturated/α-hetero) is 1. The number of nitrogens with one attached hydrogen (secondary N) is 1. The third-order valence-corrected chi connectivity index (χ3v) is 13.5. The van der Waals surface area contributed by atoms with Crippen molar-refractivity contribution < 1.29 is 67.8 Å². The van der Waals surface area contributed by atoms with Gasteiger partial charge < -0.3 is 44.3 Å². The Morgan fingerprint density at radius 1 is 0.823 bits per heavy atom. The Morgan fingerprint density at radius 3 is 1.95 bits per heavy atom. The van der Waals surface area contributed by atoms with Gasteiger partial charge in [0.2, 0.25) is 0 Å². The SMILES string of the molecule is CC(=O)O[C@H]1C(=O)[C@]2(C)[C@@H](O)C[C@H]3OC[C@@]3(OC(C)=O)[C@@H]2[C@@H](OC(=O)c2ccccc2)[C@]2(O)C[C@H](OC(=O)[C@H](O)[C@@H](NC(=O)c3ccccc3)c3ccccc3)C(C)=C1C2(C)C. The second-order valence-corrected chi connectivity index (χ2v) is 17.4. The van der Waals surface area contributed by atoms with Gasteiger partial charge in [-0.3, -0.25) is 19.2 Å². The molecule has 3 aliphatic carbocycles. The highest BCUT2D eigenvalue weighted by Gasteiger charge is 2.78. The fourth-order valence-corrected chi connectivity index (χ4v) is 10.2. The highest BCUT2D eigenvalue weighted by molar-refractivity contribution is 5.96. The highest BCUT2D eigenvalue weighted by Crippen LogP contribution is 2.64. The molecule has 1 amide bonds. The van der Waals surface area contributed by atoms with Crippen molar-refractivity contribution in [2.75, 3.05) is 6.61 Å². The van der Waals surface area contributed by atoms with Gasteiger partial charge in [0.05, 0.1) is 35.6 Å². The molecule has 1 aliphatic heterocycles. The molecule has 15 nitrogen and oxygen atoms in total. The lowest BCUT2D eigenvalue weighted by atomic mass is 9.44. The number of ether oxygens (including phenoxy) is 5. The van der Waals surface area contributed by atoms with Crippen LogP contribution in [0.5, 0.6) is 0 Å². The lowest BCUT2D eigenvalue weighted by Crippen LogP contribution is -2.82. The summed E-state index contributed by atoms with van der Waals surface area (Å²) in [4.78, 5) is 83.5. The van der Waals surface area contributed by atoms with E-state index in [0.717, 1.165) is 13.8 Å². The van der Waals surface area contributed by atoms with Crippen LogP contribution in [0.1, 0.15) is 86.7 Å². The van der Waals surface area contributed by atoms with Gasteiger partial charge in [0.25, 0.3) is 5.91 Å². The number of esters is 4. The molecule has 3 fully saturated rings. The van der Waals surface area contributed by atoms with Gasteiger partial charge in [-0.1, -0.05) is 80.6 Å². The standard InChI is InChI=1S/C47H51NO14/c1-25-31(60-43(56)36(52)35(28-16-10-7-11-17-28)48-41(54)29-18-12-8-13-19-29)23-47(57)40(61-42(55)30-20-14-9-15-21-30)38-45(6,32(51)22-33-46(38,24-58-33)62-27(3)50)39(53)37(59-26(2)49)34(25)44(47,4)5/h7-21,31-33,35-38,40,51-52,57H,22-24H2,1-6H3,(H,48,54)/t31-,32-,33+,35-,36+,37+,38+,40+,45+,46-,47+/m0/s1. The van der Waals surface area contributed by atoms with E-state index in [2.05, 4.69) is 5.32 Å². The number of carbonyl (C=O) groups excluding carboxylic acids is 6. The number of amides is 1. The molecule has 1 heterocycles. The van der Waals surface area contributed by atoms with Crippen LogP contribution in [0, 0.1) is 16.7 Å². The van der Waals surface area contributed by atoms with Crippen molar-refractivity contribution in [3.05, 3.63) is 119 Å². The van der Waals surface area contributed by atoms with E-state index < -0.39 is 113 Å². The normalized spacial score (nSPS) is 31.9. The zero-order valence-electron chi connectivity index (χ0n) is 35.2. The van der Waals surface area contributed by atoms with E-state index >= 15 is 4.79 Å². The summed E-state index contributed by atoms with van der Waals surface area (Å²) in [7, 11) is 0. The number of hydrogen-bond donors (Lipinski definition) is 4. The summed E-state index contributed by atoms with van der Waals surface area (Å²) in [6, 6.07) is 22.9. The third-order valence-electron chi connectivity index (χ3n) is 13.5. The van der Waals surface area contributed by atoms with E-state index in [4.69, 9.17) is 23.7 Å². The van der Waals surface area contributed by atoms with Crippen molar-refractivity contribution >= 4 is 35.6 Å². The zero-order chi connectivity index (χ0) is 44.9. The van der Waals surface area contributed by atoms with Crippen LogP contribution in [0.2, 0.25) is 0 Å². The molecule has 328 valence electrons. The van der Waals surface area contributed by atoms with Gasteiger partial charge in [0.15, 0.2) is 23.6 Å². The molecule has 0 radical (unpaired) electrons. The predicted molar refractivity (Wildman–Crippen MR) is 218 cm³/mol. The Morgan fingerprint density at radius 2 is 1.40 bits per heavy atom. The highest BCUT2D eigenvalue weighted by atomic mass is 16.6. The number of ketones is 1. The molecule has 3 aromatic carbocycles. The maximum absolute atomic E-state index is 15.5. The van der Waals surface area contributed by atoms with Crippen LogP contribution in [0.4, 0.5) is 0 Å². The van der Waals surface area contributed by atoms with E-state index in [1.54, 1.807) is 92.7 Å². The van der Waals surface area contributed by atoms with Gasteiger partial charge in [-0.05, 0) is 54.8 Å². The Kier molecular flexibility index (Phi) is 11.8. The number of carbonyl (C=O) groups is 6. The predicted octanol–water partition coefficient (Wildman–Crippen LogP) is 3.74. The Bertz CT molecular complexity index is 2280. The van der Waals surface area contributed by atoms with E-state index in [-0.39, 0.29) is 35.3 Å².